The lowest BCUT2D eigenvalue weighted by atomic mass is 10.0. The molecule has 6 nitrogen and oxygen atoms in total. The van der Waals surface area contributed by atoms with Gasteiger partial charge in [-0.25, -0.2) is 4.79 Å². The van der Waals surface area contributed by atoms with E-state index in [4.69, 9.17) is 14.6 Å². The minimum absolute atomic E-state index is 0.108. The number of nitrogens with one attached hydrogen (secondary N) is 1. The number of aliphatic carboxylic acids is 1. The molecule has 1 atom stereocenters. The molecule has 0 radical (unpaired) electrons. The van der Waals surface area contributed by atoms with Crippen LogP contribution in [-0.4, -0.2) is 36.2 Å². The molecule has 0 fully saturated rings. The molecule has 0 saturated carbocycles. The van der Waals surface area contributed by atoms with Crippen LogP contribution in [0.25, 0.3) is 0 Å². The van der Waals surface area contributed by atoms with Gasteiger partial charge in [0.25, 0.3) is 5.91 Å². The predicted molar refractivity (Wildman–Crippen MR) is 100 cm³/mol. The summed E-state index contributed by atoms with van der Waals surface area (Å²) < 4.78 is 10.9. The van der Waals surface area contributed by atoms with Crippen LogP contribution in [0.2, 0.25) is 0 Å². The van der Waals surface area contributed by atoms with Crippen molar-refractivity contribution < 1.29 is 24.2 Å². The molecule has 0 aromatic heterocycles. The highest BCUT2D eigenvalue weighted by molar-refractivity contribution is 5.82. The number of rotatable bonds is 7. The van der Waals surface area contributed by atoms with Crippen LogP contribution in [0.1, 0.15) is 22.3 Å². The smallest absolute Gasteiger partial charge is 0.341 e. The highest BCUT2D eigenvalue weighted by Crippen LogP contribution is 2.31. The topological polar surface area (TPSA) is 84.9 Å². The molecule has 1 aliphatic rings. The lowest BCUT2D eigenvalue weighted by Crippen LogP contribution is -2.38. The van der Waals surface area contributed by atoms with Crippen LogP contribution < -0.4 is 14.8 Å². The van der Waals surface area contributed by atoms with E-state index in [0.29, 0.717) is 25.1 Å². The number of benzene rings is 2. The van der Waals surface area contributed by atoms with Crippen molar-refractivity contribution in [2.75, 3.05) is 13.2 Å². The van der Waals surface area contributed by atoms with Crippen LogP contribution in [0.15, 0.2) is 36.4 Å². The van der Waals surface area contributed by atoms with Crippen LogP contribution in [0, 0.1) is 13.8 Å². The largest absolute Gasteiger partial charge is 0.482 e. The van der Waals surface area contributed by atoms with Gasteiger partial charge in [-0.15, -0.1) is 0 Å². The summed E-state index contributed by atoms with van der Waals surface area (Å²) in [4.78, 5) is 22.8. The molecule has 142 valence electrons. The minimum atomic E-state index is -1.01. The second-order valence-corrected chi connectivity index (χ2v) is 6.72. The van der Waals surface area contributed by atoms with Gasteiger partial charge in [0.05, 0.1) is 0 Å². The number of carboxylic acids is 1. The van der Waals surface area contributed by atoms with Gasteiger partial charge in [0.1, 0.15) is 11.5 Å². The molecule has 6 heteroatoms. The number of carbonyl (C=O) groups is 2. The summed E-state index contributed by atoms with van der Waals surface area (Å²) in [5.41, 5.74) is 4.47. The Morgan fingerprint density at radius 2 is 1.89 bits per heavy atom. The Bertz CT molecular complexity index is 813. The monoisotopic (exact) mass is 369 g/mol. The van der Waals surface area contributed by atoms with Gasteiger partial charge in [0, 0.05) is 13.0 Å². The quantitative estimate of drug-likeness (QED) is 0.783. The van der Waals surface area contributed by atoms with E-state index in [1.54, 1.807) is 12.1 Å². The van der Waals surface area contributed by atoms with E-state index in [2.05, 4.69) is 18.3 Å². The summed E-state index contributed by atoms with van der Waals surface area (Å²) in [6.45, 7) is 4.23. The van der Waals surface area contributed by atoms with Crippen LogP contribution in [0.4, 0.5) is 0 Å². The summed E-state index contributed by atoms with van der Waals surface area (Å²) in [6, 6.07) is 11.2. The zero-order chi connectivity index (χ0) is 19.4. The predicted octanol–water partition coefficient (Wildman–Crippen LogP) is 2.43. The van der Waals surface area contributed by atoms with Crippen LogP contribution >= 0.6 is 0 Å². The molecule has 2 N–H and O–H groups in total. The number of carbonyl (C=O) groups excluding carboxylic acids is 1. The fourth-order valence-corrected chi connectivity index (χ4v) is 3.00. The summed E-state index contributed by atoms with van der Waals surface area (Å²) in [6.07, 6.45) is 0.786. The first kappa shape index (κ1) is 18.8. The molecule has 2 aromatic carbocycles. The second kappa shape index (κ2) is 8.12. The second-order valence-electron chi connectivity index (χ2n) is 6.72. The average molecular weight is 369 g/mol. The van der Waals surface area contributed by atoms with Crippen molar-refractivity contribution in [2.45, 2.75) is 32.8 Å². The van der Waals surface area contributed by atoms with E-state index in [1.165, 1.54) is 5.56 Å². The van der Waals surface area contributed by atoms with Gasteiger partial charge in [-0.3, -0.25) is 4.79 Å². The van der Waals surface area contributed by atoms with Crippen molar-refractivity contribution in [1.29, 1.82) is 0 Å². The molecule has 1 heterocycles. The van der Waals surface area contributed by atoms with Gasteiger partial charge in [0.2, 0.25) is 0 Å². The zero-order valence-corrected chi connectivity index (χ0v) is 15.5. The Balaban J connectivity index is 1.45. The minimum Gasteiger partial charge on any atom is -0.482 e. The summed E-state index contributed by atoms with van der Waals surface area (Å²) in [5.74, 6) is 0.189. The van der Waals surface area contributed by atoms with E-state index in [-0.39, 0.29) is 12.5 Å². The Morgan fingerprint density at radius 3 is 2.59 bits per heavy atom. The van der Waals surface area contributed by atoms with Crippen LogP contribution in [0.5, 0.6) is 11.5 Å². The summed E-state index contributed by atoms with van der Waals surface area (Å²) >= 11 is 0. The van der Waals surface area contributed by atoms with Crippen LogP contribution in [0.3, 0.4) is 0 Å². The van der Waals surface area contributed by atoms with Gasteiger partial charge in [-0.1, -0.05) is 18.2 Å². The molecule has 1 aliphatic heterocycles. The molecule has 0 unspecified atom stereocenters. The number of aryl methyl sites for hydroxylation is 2. The number of hydrogen-bond donors (Lipinski definition) is 2. The molecule has 2 aromatic rings. The third kappa shape index (κ3) is 4.78. The molecule has 1 amide bonds. The van der Waals surface area contributed by atoms with Gasteiger partial charge in [-0.2, -0.15) is 0 Å². The third-order valence-electron chi connectivity index (χ3n) is 4.64. The van der Waals surface area contributed by atoms with E-state index in [1.807, 2.05) is 25.1 Å². The number of ether oxygens (including phenoxy) is 2. The maximum atomic E-state index is 12.4. The van der Waals surface area contributed by atoms with Crippen molar-refractivity contribution in [3.63, 3.8) is 0 Å². The Hall–Kier alpha value is -3.02. The summed E-state index contributed by atoms with van der Waals surface area (Å²) in [5, 5.41) is 11.5. The van der Waals surface area contributed by atoms with Crippen molar-refractivity contribution in [2.24, 2.45) is 0 Å². The van der Waals surface area contributed by atoms with Crippen molar-refractivity contribution in [1.82, 2.24) is 5.32 Å². The van der Waals surface area contributed by atoms with Gasteiger partial charge < -0.3 is 19.9 Å². The van der Waals surface area contributed by atoms with Gasteiger partial charge in [-0.05, 0) is 60.7 Å². The van der Waals surface area contributed by atoms with Gasteiger partial charge in [0.15, 0.2) is 12.7 Å². The zero-order valence-electron chi connectivity index (χ0n) is 15.5. The number of fused-ring (bicyclic) bond motifs is 1. The maximum absolute atomic E-state index is 12.4. The number of amides is 1. The van der Waals surface area contributed by atoms with E-state index < -0.39 is 12.1 Å². The first-order valence-corrected chi connectivity index (χ1v) is 8.90. The Labute approximate surface area is 158 Å². The third-order valence-corrected chi connectivity index (χ3v) is 4.64. The normalized spacial score (nSPS) is 15.0. The van der Waals surface area contributed by atoms with Crippen molar-refractivity contribution in [3.8, 4) is 11.5 Å². The lowest BCUT2D eigenvalue weighted by molar-refractivity contribution is -0.139. The maximum Gasteiger partial charge on any atom is 0.341 e. The fraction of sp³-hybridized carbons (Fsp3) is 0.333. The highest BCUT2D eigenvalue weighted by atomic mass is 16.5. The summed E-state index contributed by atoms with van der Waals surface area (Å²) in [7, 11) is 0. The van der Waals surface area contributed by atoms with E-state index in [9.17, 15) is 9.59 Å². The van der Waals surface area contributed by atoms with Gasteiger partial charge >= 0.3 is 5.97 Å². The van der Waals surface area contributed by atoms with Crippen molar-refractivity contribution >= 4 is 11.9 Å². The molecular weight excluding hydrogens is 346 g/mol. The van der Waals surface area contributed by atoms with E-state index >= 15 is 0 Å². The highest BCUT2D eigenvalue weighted by Gasteiger charge is 2.29. The lowest BCUT2D eigenvalue weighted by Gasteiger charge is -2.11. The van der Waals surface area contributed by atoms with Crippen LogP contribution in [-0.2, 0) is 22.4 Å². The SMILES string of the molecule is Cc1cc2c(cc1C)O[C@@H](C(=O)NCCc1ccc(OCC(=O)O)cc1)C2. The van der Waals surface area contributed by atoms with Crippen molar-refractivity contribution in [3.05, 3.63) is 58.7 Å². The molecule has 0 spiro atoms. The number of hydrogen-bond acceptors (Lipinski definition) is 4. The first-order valence-electron chi connectivity index (χ1n) is 8.90. The fourth-order valence-electron chi connectivity index (χ4n) is 3.00. The molecular formula is C21H23NO5. The molecule has 0 bridgehead atoms. The molecule has 0 aliphatic carbocycles. The number of carboxylic acid groups (broad SMARTS) is 1. The molecule has 3 rings (SSSR count). The van der Waals surface area contributed by atoms with E-state index in [0.717, 1.165) is 22.4 Å². The Kier molecular flexibility index (Phi) is 5.64. The first-order chi connectivity index (χ1) is 12.9. The standard InChI is InChI=1S/C21H23NO5/c1-13-9-16-11-19(27-18(16)10-14(13)2)21(25)22-8-7-15-3-5-17(6-4-15)26-12-20(23)24/h3-6,9-10,19H,7-8,11-12H2,1-2H3,(H,22,25)(H,23,24)/t19-/m1/s1. The molecule has 27 heavy (non-hydrogen) atoms. The Morgan fingerprint density at radius 1 is 1.19 bits per heavy atom. The average Bonchev–Trinajstić information content (AvgIpc) is 3.04. The molecule has 0 saturated heterocycles.